The Kier molecular flexibility index (Phi) is 2.33. The maximum absolute atomic E-state index is 10.3. The highest BCUT2D eigenvalue weighted by Gasteiger charge is 2.15. The van der Waals surface area contributed by atoms with Crippen molar-refractivity contribution < 1.29 is 4.92 Å². The molecule has 2 N–H and O–H groups in total. The van der Waals surface area contributed by atoms with E-state index in [1.165, 1.54) is 12.5 Å². The quantitative estimate of drug-likeness (QED) is 0.548. The molecule has 72 valence electrons. The zero-order valence-corrected chi connectivity index (χ0v) is 7.60. The number of aromatic nitrogens is 2. The Balaban J connectivity index is 2.75. The lowest BCUT2D eigenvalue weighted by Crippen LogP contribution is -2.36. The number of hydrogen-bond donors (Lipinski definition) is 1. The van der Waals surface area contributed by atoms with E-state index in [1.54, 1.807) is 4.57 Å². The van der Waals surface area contributed by atoms with Crippen LogP contribution in [0, 0.1) is 10.1 Å². The van der Waals surface area contributed by atoms with Crippen LogP contribution >= 0.6 is 0 Å². The van der Waals surface area contributed by atoms with E-state index < -0.39 is 10.5 Å². The van der Waals surface area contributed by atoms with Gasteiger partial charge in [-0.25, -0.2) is 0 Å². The van der Waals surface area contributed by atoms with Crippen LogP contribution < -0.4 is 5.73 Å². The Hall–Kier alpha value is -1.43. The summed E-state index contributed by atoms with van der Waals surface area (Å²) in [6, 6.07) is 0. The van der Waals surface area contributed by atoms with E-state index in [9.17, 15) is 10.1 Å². The fourth-order valence-electron chi connectivity index (χ4n) is 1.000. The van der Waals surface area contributed by atoms with Crippen LogP contribution in [0.4, 0.5) is 5.82 Å². The number of rotatable bonds is 3. The minimum Gasteiger partial charge on any atom is -0.358 e. The fraction of sp³-hybridized carbons (Fsp3) is 0.571. The van der Waals surface area contributed by atoms with Crippen molar-refractivity contribution in [1.29, 1.82) is 0 Å². The van der Waals surface area contributed by atoms with Gasteiger partial charge in [0.1, 0.15) is 6.20 Å². The van der Waals surface area contributed by atoms with Gasteiger partial charge in [-0.1, -0.05) is 0 Å². The maximum atomic E-state index is 10.3. The molecule has 0 spiro atoms. The van der Waals surface area contributed by atoms with Gasteiger partial charge in [0.2, 0.25) is 6.33 Å². The molecule has 13 heavy (non-hydrogen) atoms. The average Bonchev–Trinajstić information content (AvgIpc) is 2.31. The van der Waals surface area contributed by atoms with E-state index in [4.69, 9.17) is 5.73 Å². The molecule has 0 aliphatic heterocycles. The largest absolute Gasteiger partial charge is 0.381 e. The number of nitrogens with two attached hydrogens (primary N) is 1. The van der Waals surface area contributed by atoms with E-state index in [1.807, 2.05) is 13.8 Å². The van der Waals surface area contributed by atoms with Gasteiger partial charge >= 0.3 is 5.82 Å². The molecular weight excluding hydrogens is 172 g/mol. The van der Waals surface area contributed by atoms with Crippen molar-refractivity contribution in [3.63, 3.8) is 0 Å². The Bertz CT molecular complexity index is 313. The van der Waals surface area contributed by atoms with Gasteiger partial charge in [0.15, 0.2) is 0 Å². The van der Waals surface area contributed by atoms with E-state index in [2.05, 4.69) is 4.98 Å². The van der Waals surface area contributed by atoms with E-state index in [0.29, 0.717) is 6.54 Å². The molecule has 0 saturated carbocycles. The minimum absolute atomic E-state index is 0.149. The van der Waals surface area contributed by atoms with Crippen molar-refractivity contribution >= 4 is 5.82 Å². The molecule has 0 saturated heterocycles. The zero-order valence-electron chi connectivity index (χ0n) is 7.60. The van der Waals surface area contributed by atoms with Crippen molar-refractivity contribution in [2.45, 2.75) is 25.9 Å². The predicted octanol–water partition coefficient (Wildman–Crippen LogP) is 0.529. The van der Waals surface area contributed by atoms with Crippen LogP contribution in [0.25, 0.3) is 0 Å². The second-order valence-corrected chi connectivity index (χ2v) is 3.65. The Morgan fingerprint density at radius 3 is 2.77 bits per heavy atom. The lowest BCUT2D eigenvalue weighted by molar-refractivity contribution is -0.389. The first-order valence-corrected chi connectivity index (χ1v) is 3.83. The third kappa shape index (κ3) is 2.83. The molecule has 6 nitrogen and oxygen atoms in total. The Morgan fingerprint density at radius 1 is 1.77 bits per heavy atom. The van der Waals surface area contributed by atoms with Crippen molar-refractivity contribution in [3.8, 4) is 0 Å². The van der Waals surface area contributed by atoms with Gasteiger partial charge in [0.05, 0.1) is 0 Å². The van der Waals surface area contributed by atoms with Crippen LogP contribution in [0.3, 0.4) is 0 Å². The summed E-state index contributed by atoms with van der Waals surface area (Å²) in [5, 5.41) is 10.3. The van der Waals surface area contributed by atoms with Crippen LogP contribution in [-0.2, 0) is 6.54 Å². The SMILES string of the molecule is CC(C)(N)Cn1cnc([N+](=O)[O-])c1. The highest BCUT2D eigenvalue weighted by molar-refractivity contribution is 5.12. The normalized spacial score (nSPS) is 11.6. The number of hydrogen-bond acceptors (Lipinski definition) is 4. The van der Waals surface area contributed by atoms with E-state index in [-0.39, 0.29) is 5.82 Å². The summed E-state index contributed by atoms with van der Waals surface area (Å²) >= 11 is 0. The molecule has 0 atom stereocenters. The van der Waals surface area contributed by atoms with Gasteiger partial charge < -0.3 is 20.4 Å². The molecule has 1 aromatic rings. The number of nitrogens with zero attached hydrogens (tertiary/aromatic N) is 3. The third-order valence-electron chi connectivity index (χ3n) is 1.40. The van der Waals surface area contributed by atoms with Crippen LogP contribution in [0.15, 0.2) is 12.5 Å². The molecule has 0 aliphatic rings. The molecule has 0 amide bonds. The van der Waals surface area contributed by atoms with Gasteiger partial charge in [-0.2, -0.15) is 0 Å². The summed E-state index contributed by atoms with van der Waals surface area (Å²) in [4.78, 5) is 13.4. The summed E-state index contributed by atoms with van der Waals surface area (Å²) in [5.74, 6) is -0.149. The van der Waals surface area contributed by atoms with Gasteiger partial charge in [-0.3, -0.25) is 0 Å². The summed E-state index contributed by atoms with van der Waals surface area (Å²) < 4.78 is 1.61. The zero-order chi connectivity index (χ0) is 10.1. The van der Waals surface area contributed by atoms with Crippen LogP contribution in [0.5, 0.6) is 0 Å². The first kappa shape index (κ1) is 9.66. The predicted molar refractivity (Wildman–Crippen MR) is 47.1 cm³/mol. The van der Waals surface area contributed by atoms with Crippen LogP contribution in [0.2, 0.25) is 0 Å². The molecule has 0 aromatic carbocycles. The lowest BCUT2D eigenvalue weighted by atomic mass is 10.1. The maximum Gasteiger partial charge on any atom is 0.381 e. The number of nitro groups is 1. The Morgan fingerprint density at radius 2 is 2.38 bits per heavy atom. The monoisotopic (exact) mass is 184 g/mol. The molecule has 1 rings (SSSR count). The summed E-state index contributed by atoms with van der Waals surface area (Å²) in [6.07, 6.45) is 2.78. The number of imidazole rings is 1. The first-order valence-electron chi connectivity index (χ1n) is 3.83. The van der Waals surface area contributed by atoms with E-state index in [0.717, 1.165) is 0 Å². The van der Waals surface area contributed by atoms with Crippen molar-refractivity contribution in [2.75, 3.05) is 0 Å². The average molecular weight is 184 g/mol. The fourth-order valence-corrected chi connectivity index (χ4v) is 1.000. The molecule has 0 unspecified atom stereocenters. The van der Waals surface area contributed by atoms with Gasteiger partial charge in [-0.05, 0) is 23.8 Å². The topological polar surface area (TPSA) is 87.0 Å². The molecule has 0 fully saturated rings. The minimum atomic E-state index is -0.528. The van der Waals surface area contributed by atoms with Crippen LogP contribution in [0.1, 0.15) is 13.8 Å². The lowest BCUT2D eigenvalue weighted by Gasteiger charge is -2.17. The van der Waals surface area contributed by atoms with E-state index >= 15 is 0 Å². The van der Waals surface area contributed by atoms with Crippen molar-refractivity contribution in [2.24, 2.45) is 5.73 Å². The molecular formula is C7H12N4O2. The van der Waals surface area contributed by atoms with Gasteiger partial charge in [0, 0.05) is 12.1 Å². The van der Waals surface area contributed by atoms with Crippen molar-refractivity contribution in [3.05, 3.63) is 22.6 Å². The smallest absolute Gasteiger partial charge is 0.358 e. The van der Waals surface area contributed by atoms with Gasteiger partial charge in [0.25, 0.3) is 0 Å². The third-order valence-corrected chi connectivity index (χ3v) is 1.40. The first-order chi connectivity index (χ1) is 5.88. The highest BCUT2D eigenvalue weighted by Crippen LogP contribution is 2.08. The summed E-state index contributed by atoms with van der Waals surface area (Å²) in [7, 11) is 0. The molecule has 0 aliphatic carbocycles. The molecule has 0 bridgehead atoms. The van der Waals surface area contributed by atoms with Crippen molar-refractivity contribution in [1.82, 2.24) is 9.55 Å². The van der Waals surface area contributed by atoms with Crippen LogP contribution in [-0.4, -0.2) is 20.0 Å². The second-order valence-electron chi connectivity index (χ2n) is 3.65. The summed E-state index contributed by atoms with van der Waals surface area (Å²) in [5.41, 5.74) is 5.34. The summed E-state index contributed by atoms with van der Waals surface area (Å²) in [6.45, 7) is 4.20. The molecule has 1 heterocycles. The highest BCUT2D eigenvalue weighted by atomic mass is 16.6. The second kappa shape index (κ2) is 3.14. The molecule has 0 radical (unpaired) electrons. The standard InChI is InChI=1S/C7H12N4O2/c1-7(2,8)4-10-3-6(9-5-10)11(12)13/h3,5H,4,8H2,1-2H3. The van der Waals surface area contributed by atoms with Gasteiger partial charge in [-0.15, -0.1) is 0 Å². The molecule has 6 heteroatoms. The Labute approximate surface area is 75.5 Å². The molecule has 1 aromatic heterocycles.